The van der Waals surface area contributed by atoms with Gasteiger partial charge in [-0.3, -0.25) is 9.78 Å². The van der Waals surface area contributed by atoms with E-state index in [9.17, 15) is 4.79 Å². The maximum absolute atomic E-state index is 11.5. The molecule has 88 valence electrons. The summed E-state index contributed by atoms with van der Waals surface area (Å²) < 4.78 is 5.10. The lowest BCUT2D eigenvalue weighted by atomic mass is 10.3. The van der Waals surface area contributed by atoms with Crippen molar-refractivity contribution in [2.24, 2.45) is 0 Å². The van der Waals surface area contributed by atoms with Crippen molar-refractivity contribution in [3.05, 3.63) is 18.5 Å². The first-order valence-corrected chi connectivity index (χ1v) is 5.20. The van der Waals surface area contributed by atoms with E-state index in [0.717, 1.165) is 13.0 Å². The summed E-state index contributed by atoms with van der Waals surface area (Å²) in [5.41, 5.74) is 0.611. The molecule has 2 N–H and O–H groups in total. The third kappa shape index (κ3) is 3.86. The first-order chi connectivity index (χ1) is 7.77. The van der Waals surface area contributed by atoms with Crippen molar-refractivity contribution in [3.63, 3.8) is 0 Å². The summed E-state index contributed by atoms with van der Waals surface area (Å²) >= 11 is 0. The van der Waals surface area contributed by atoms with Gasteiger partial charge in [0, 0.05) is 18.7 Å². The van der Waals surface area contributed by atoms with Crippen molar-refractivity contribution in [1.29, 1.82) is 0 Å². The molecule has 1 heterocycles. The van der Waals surface area contributed by atoms with Crippen LogP contribution in [0, 0.1) is 0 Å². The molecule has 0 radical (unpaired) electrons. The summed E-state index contributed by atoms with van der Waals surface area (Å²) in [6, 6.07) is 1.71. The molecule has 1 amide bonds. The summed E-state index contributed by atoms with van der Waals surface area (Å²) in [5.74, 6) is 0.596. The lowest BCUT2D eigenvalue weighted by molar-refractivity contribution is -0.116. The van der Waals surface area contributed by atoms with Gasteiger partial charge < -0.3 is 15.4 Å². The van der Waals surface area contributed by atoms with Crippen LogP contribution in [0.25, 0.3) is 0 Å². The van der Waals surface area contributed by atoms with E-state index in [2.05, 4.69) is 15.6 Å². The lowest BCUT2D eigenvalue weighted by Crippen LogP contribution is -2.15. The van der Waals surface area contributed by atoms with Crippen molar-refractivity contribution in [3.8, 4) is 5.75 Å². The van der Waals surface area contributed by atoms with Crippen LogP contribution < -0.4 is 15.4 Å². The first-order valence-electron chi connectivity index (χ1n) is 5.20. The number of nitrogens with one attached hydrogen (secondary N) is 2. The molecular formula is C11H17N3O2. The zero-order valence-corrected chi connectivity index (χ0v) is 9.62. The third-order valence-corrected chi connectivity index (χ3v) is 2.11. The van der Waals surface area contributed by atoms with Gasteiger partial charge in [-0.25, -0.2) is 0 Å². The van der Waals surface area contributed by atoms with E-state index >= 15 is 0 Å². The van der Waals surface area contributed by atoms with Crippen molar-refractivity contribution < 1.29 is 9.53 Å². The molecule has 5 heteroatoms. The second kappa shape index (κ2) is 6.79. The molecule has 0 aliphatic heterocycles. The highest BCUT2D eigenvalue weighted by molar-refractivity contribution is 5.91. The molecule has 0 aromatic carbocycles. The predicted octanol–water partition coefficient (Wildman–Crippen LogP) is 1.03. The summed E-state index contributed by atoms with van der Waals surface area (Å²) in [5, 5.41) is 5.76. The Bertz CT molecular complexity index is 342. The first kappa shape index (κ1) is 12.4. The molecule has 0 aliphatic rings. The number of anilines is 1. The Morgan fingerprint density at radius 2 is 2.38 bits per heavy atom. The Morgan fingerprint density at radius 1 is 1.56 bits per heavy atom. The molecule has 5 nitrogen and oxygen atoms in total. The maximum atomic E-state index is 11.5. The number of carbonyl (C=O) groups excluding carboxylic acids is 1. The van der Waals surface area contributed by atoms with Gasteiger partial charge >= 0.3 is 0 Å². The minimum Gasteiger partial charge on any atom is -0.494 e. The topological polar surface area (TPSA) is 63.2 Å². The summed E-state index contributed by atoms with van der Waals surface area (Å²) in [7, 11) is 3.42. The minimum absolute atomic E-state index is 0.0263. The maximum Gasteiger partial charge on any atom is 0.224 e. The number of methoxy groups -OCH3 is 1. The summed E-state index contributed by atoms with van der Waals surface area (Å²) in [6.45, 7) is 0.831. The quantitative estimate of drug-likeness (QED) is 0.707. The number of carbonyl (C=O) groups is 1. The van der Waals surface area contributed by atoms with Crippen LogP contribution in [0.1, 0.15) is 12.8 Å². The Balaban J connectivity index is 2.49. The Kier molecular flexibility index (Phi) is 5.28. The fourth-order valence-corrected chi connectivity index (χ4v) is 1.29. The summed E-state index contributed by atoms with van der Waals surface area (Å²) in [6.07, 6.45) is 4.49. The smallest absolute Gasteiger partial charge is 0.224 e. The van der Waals surface area contributed by atoms with Crippen molar-refractivity contribution in [1.82, 2.24) is 10.3 Å². The molecular weight excluding hydrogens is 206 g/mol. The van der Waals surface area contributed by atoms with E-state index in [1.165, 1.54) is 0 Å². The lowest BCUT2D eigenvalue weighted by Gasteiger charge is -2.08. The molecule has 0 atom stereocenters. The highest BCUT2D eigenvalue weighted by Gasteiger charge is 2.06. The van der Waals surface area contributed by atoms with Crippen LogP contribution in [0.2, 0.25) is 0 Å². The second-order valence-corrected chi connectivity index (χ2v) is 3.33. The molecule has 1 aromatic rings. The van der Waals surface area contributed by atoms with E-state index < -0.39 is 0 Å². The van der Waals surface area contributed by atoms with Crippen molar-refractivity contribution in [2.75, 3.05) is 26.0 Å². The van der Waals surface area contributed by atoms with Gasteiger partial charge in [0.25, 0.3) is 0 Å². The molecule has 16 heavy (non-hydrogen) atoms. The van der Waals surface area contributed by atoms with Gasteiger partial charge in [0.2, 0.25) is 5.91 Å². The van der Waals surface area contributed by atoms with Gasteiger partial charge in [0.05, 0.1) is 13.3 Å². The van der Waals surface area contributed by atoms with Crippen LogP contribution in [-0.2, 0) is 4.79 Å². The fraction of sp³-hybridized carbons (Fsp3) is 0.455. The Morgan fingerprint density at radius 3 is 3.06 bits per heavy atom. The predicted molar refractivity (Wildman–Crippen MR) is 62.6 cm³/mol. The Hall–Kier alpha value is -1.62. The monoisotopic (exact) mass is 223 g/mol. The van der Waals surface area contributed by atoms with Crippen LogP contribution >= 0.6 is 0 Å². The van der Waals surface area contributed by atoms with Crippen LogP contribution in [0.4, 0.5) is 5.69 Å². The largest absolute Gasteiger partial charge is 0.494 e. The fourth-order valence-electron chi connectivity index (χ4n) is 1.29. The van der Waals surface area contributed by atoms with Crippen molar-refractivity contribution in [2.45, 2.75) is 12.8 Å². The van der Waals surface area contributed by atoms with Crippen LogP contribution in [0.5, 0.6) is 5.75 Å². The molecule has 0 unspecified atom stereocenters. The molecule has 1 aromatic heterocycles. The molecule has 0 saturated heterocycles. The minimum atomic E-state index is -0.0263. The highest BCUT2D eigenvalue weighted by atomic mass is 16.5. The van der Waals surface area contributed by atoms with Crippen LogP contribution in [0.3, 0.4) is 0 Å². The zero-order chi connectivity index (χ0) is 11.8. The molecule has 0 bridgehead atoms. The van der Waals surface area contributed by atoms with Gasteiger partial charge in [-0.15, -0.1) is 0 Å². The second-order valence-electron chi connectivity index (χ2n) is 3.33. The SMILES string of the molecule is CNCCCC(=O)Nc1cnccc1OC. The third-order valence-electron chi connectivity index (χ3n) is 2.11. The number of aromatic nitrogens is 1. The molecule has 0 aliphatic carbocycles. The number of hydrogen-bond acceptors (Lipinski definition) is 4. The van der Waals surface area contributed by atoms with Gasteiger partial charge in [0.15, 0.2) is 0 Å². The molecule has 0 fully saturated rings. The molecule has 0 saturated carbocycles. The molecule has 1 rings (SSSR count). The van der Waals surface area contributed by atoms with E-state index in [4.69, 9.17) is 4.74 Å². The number of hydrogen-bond donors (Lipinski definition) is 2. The van der Waals surface area contributed by atoms with Gasteiger partial charge in [-0.05, 0) is 20.0 Å². The highest BCUT2D eigenvalue weighted by Crippen LogP contribution is 2.21. The van der Waals surface area contributed by atoms with Crippen LogP contribution in [-0.4, -0.2) is 31.6 Å². The molecule has 0 spiro atoms. The van der Waals surface area contributed by atoms with E-state index in [1.807, 2.05) is 7.05 Å². The van der Waals surface area contributed by atoms with Crippen LogP contribution in [0.15, 0.2) is 18.5 Å². The van der Waals surface area contributed by atoms with Gasteiger partial charge in [-0.2, -0.15) is 0 Å². The van der Waals surface area contributed by atoms with Crippen molar-refractivity contribution >= 4 is 11.6 Å². The summed E-state index contributed by atoms with van der Waals surface area (Å²) in [4.78, 5) is 15.5. The van der Waals surface area contributed by atoms with Gasteiger partial charge in [0.1, 0.15) is 11.4 Å². The van der Waals surface area contributed by atoms with E-state index in [-0.39, 0.29) is 5.91 Å². The van der Waals surface area contributed by atoms with Gasteiger partial charge in [-0.1, -0.05) is 0 Å². The number of pyridine rings is 1. The van der Waals surface area contributed by atoms with E-state index in [0.29, 0.717) is 17.9 Å². The number of rotatable bonds is 6. The number of amides is 1. The Labute approximate surface area is 95.2 Å². The standard InChI is InChI=1S/C11H17N3O2/c1-12-6-3-4-11(15)14-9-8-13-7-5-10(9)16-2/h5,7-8,12H,3-4,6H2,1-2H3,(H,14,15). The number of nitrogens with zero attached hydrogens (tertiary/aromatic N) is 1. The average Bonchev–Trinajstić information content (AvgIpc) is 2.30. The average molecular weight is 223 g/mol. The zero-order valence-electron chi connectivity index (χ0n) is 9.62. The number of ether oxygens (including phenoxy) is 1. The van der Waals surface area contributed by atoms with E-state index in [1.54, 1.807) is 25.6 Å². The normalized spacial score (nSPS) is 9.88.